The number of pyridine rings is 1. The van der Waals surface area contributed by atoms with Gasteiger partial charge in [-0.15, -0.1) is 11.3 Å². The minimum absolute atomic E-state index is 0.211. The third kappa shape index (κ3) is 4.43. The third-order valence-corrected chi connectivity index (χ3v) is 4.73. The predicted molar refractivity (Wildman–Crippen MR) is 92.4 cm³/mol. The van der Waals surface area contributed by atoms with Crippen LogP contribution in [0.1, 0.15) is 29.3 Å². The van der Waals surface area contributed by atoms with Crippen LogP contribution in [0.15, 0.2) is 24.4 Å². The van der Waals surface area contributed by atoms with Gasteiger partial charge in [0.15, 0.2) is 0 Å². The molecule has 0 bridgehead atoms. The van der Waals surface area contributed by atoms with E-state index in [0.717, 1.165) is 29.5 Å². The van der Waals surface area contributed by atoms with Crippen molar-refractivity contribution >= 4 is 28.8 Å². The average Bonchev–Trinajstić information content (AvgIpc) is 2.83. The minimum Gasteiger partial charge on any atom is -0.354 e. The van der Waals surface area contributed by atoms with Crippen molar-refractivity contribution in [3.05, 3.63) is 44.7 Å². The summed E-state index contributed by atoms with van der Waals surface area (Å²) >= 11 is 7.59. The predicted octanol–water partition coefficient (Wildman–Crippen LogP) is 4.02. The summed E-state index contributed by atoms with van der Waals surface area (Å²) in [6.07, 6.45) is 3.81. The number of rotatable bonds is 6. The Kier molecular flexibility index (Phi) is 5.62. The van der Waals surface area contributed by atoms with E-state index in [4.69, 9.17) is 17.3 Å². The maximum Gasteiger partial charge on any atom is 0.131 e. The molecule has 1 atom stereocenters. The van der Waals surface area contributed by atoms with Crippen LogP contribution < -0.4 is 10.6 Å². The lowest BCUT2D eigenvalue weighted by atomic mass is 10.0. The molecule has 0 saturated heterocycles. The lowest BCUT2D eigenvalue weighted by Gasteiger charge is -2.20. The van der Waals surface area contributed by atoms with E-state index in [9.17, 15) is 0 Å². The fraction of sp³-hybridized carbons (Fsp3) is 0.438. The molecule has 0 saturated carbocycles. The zero-order valence-electron chi connectivity index (χ0n) is 12.8. The number of hydrogen-bond acceptors (Lipinski definition) is 4. The smallest absolute Gasteiger partial charge is 0.131 e. The second kappa shape index (κ2) is 7.25. The molecule has 0 amide bonds. The van der Waals surface area contributed by atoms with E-state index in [1.54, 1.807) is 11.3 Å². The quantitative estimate of drug-likeness (QED) is 0.873. The van der Waals surface area contributed by atoms with Crippen molar-refractivity contribution in [1.29, 1.82) is 0 Å². The number of anilines is 1. The first kappa shape index (κ1) is 16.3. The normalized spacial score (nSPS) is 12.4. The van der Waals surface area contributed by atoms with Crippen LogP contribution in [-0.4, -0.2) is 18.1 Å². The van der Waals surface area contributed by atoms with Gasteiger partial charge in [-0.1, -0.05) is 24.6 Å². The van der Waals surface area contributed by atoms with Crippen LogP contribution in [0.4, 0.5) is 5.82 Å². The van der Waals surface area contributed by atoms with Crippen LogP contribution in [0, 0.1) is 6.92 Å². The van der Waals surface area contributed by atoms with Crippen molar-refractivity contribution in [3.63, 3.8) is 0 Å². The highest BCUT2D eigenvalue weighted by Crippen LogP contribution is 2.25. The van der Waals surface area contributed by atoms with E-state index in [1.807, 2.05) is 12.3 Å². The summed E-state index contributed by atoms with van der Waals surface area (Å²) in [5.41, 5.74) is 8.40. The fourth-order valence-corrected chi connectivity index (χ4v) is 3.47. The van der Waals surface area contributed by atoms with E-state index < -0.39 is 0 Å². The summed E-state index contributed by atoms with van der Waals surface area (Å²) in [6, 6.07) is 6.40. The highest BCUT2D eigenvalue weighted by atomic mass is 35.5. The number of aryl methyl sites for hydroxylation is 1. The molecular weight excluding hydrogens is 302 g/mol. The second-order valence-corrected chi connectivity index (χ2v) is 7.22. The number of nitrogens with zero attached hydrogens (tertiary/aromatic N) is 2. The van der Waals surface area contributed by atoms with E-state index in [-0.39, 0.29) is 6.04 Å². The Hall–Kier alpha value is -1.10. The van der Waals surface area contributed by atoms with E-state index >= 15 is 0 Å². The summed E-state index contributed by atoms with van der Waals surface area (Å²) in [5, 5.41) is 0. The molecular formula is C16H22ClN3S. The van der Waals surface area contributed by atoms with Gasteiger partial charge in [-0.3, -0.25) is 0 Å². The molecule has 0 aromatic carbocycles. The molecule has 3 nitrogen and oxygen atoms in total. The molecule has 2 heterocycles. The number of hydrogen-bond donors (Lipinski definition) is 1. The Labute approximate surface area is 135 Å². The summed E-state index contributed by atoms with van der Waals surface area (Å²) in [6.45, 7) is 5.03. The van der Waals surface area contributed by atoms with Crippen LogP contribution in [0.2, 0.25) is 4.34 Å². The standard InChI is InChI=1S/C16H22ClN3S/c1-4-13(18)8-12-7-11(2)16(19-9-12)20(3)10-14-5-6-15(17)21-14/h5-7,9,13H,4,8,10,18H2,1-3H3. The highest BCUT2D eigenvalue weighted by Gasteiger charge is 2.10. The highest BCUT2D eigenvalue weighted by molar-refractivity contribution is 7.16. The number of nitrogens with two attached hydrogens (primary N) is 1. The molecule has 2 rings (SSSR count). The van der Waals surface area contributed by atoms with Gasteiger partial charge in [0, 0.05) is 24.2 Å². The molecule has 2 N–H and O–H groups in total. The van der Waals surface area contributed by atoms with Crippen LogP contribution >= 0.6 is 22.9 Å². The van der Waals surface area contributed by atoms with Gasteiger partial charge in [-0.05, 0) is 43.0 Å². The molecule has 2 aromatic heterocycles. The zero-order chi connectivity index (χ0) is 15.4. The largest absolute Gasteiger partial charge is 0.354 e. The molecule has 0 aliphatic heterocycles. The molecule has 5 heteroatoms. The van der Waals surface area contributed by atoms with Crippen molar-refractivity contribution < 1.29 is 0 Å². The van der Waals surface area contributed by atoms with E-state index in [2.05, 4.69) is 42.9 Å². The van der Waals surface area contributed by atoms with Gasteiger partial charge in [0.2, 0.25) is 0 Å². The monoisotopic (exact) mass is 323 g/mol. The van der Waals surface area contributed by atoms with Crippen molar-refractivity contribution in [2.45, 2.75) is 39.3 Å². The molecule has 0 aliphatic rings. The van der Waals surface area contributed by atoms with Crippen LogP contribution in [0.3, 0.4) is 0 Å². The van der Waals surface area contributed by atoms with Crippen LogP contribution in [-0.2, 0) is 13.0 Å². The summed E-state index contributed by atoms with van der Waals surface area (Å²) < 4.78 is 0.826. The van der Waals surface area contributed by atoms with Gasteiger partial charge in [0.05, 0.1) is 10.9 Å². The van der Waals surface area contributed by atoms with Gasteiger partial charge in [0.25, 0.3) is 0 Å². The Morgan fingerprint density at radius 1 is 1.43 bits per heavy atom. The van der Waals surface area contributed by atoms with Crippen molar-refractivity contribution in [2.24, 2.45) is 5.73 Å². The second-order valence-electron chi connectivity index (χ2n) is 5.42. The molecule has 1 unspecified atom stereocenters. The van der Waals surface area contributed by atoms with Crippen molar-refractivity contribution in [1.82, 2.24) is 4.98 Å². The Balaban J connectivity index is 2.09. The Bertz CT molecular complexity index is 597. The summed E-state index contributed by atoms with van der Waals surface area (Å²) in [5.74, 6) is 1.01. The number of halogens is 1. The lowest BCUT2D eigenvalue weighted by Crippen LogP contribution is -2.22. The SMILES string of the molecule is CCC(N)Cc1cnc(N(C)Cc2ccc(Cl)s2)c(C)c1. The first-order valence-electron chi connectivity index (χ1n) is 7.16. The van der Waals surface area contributed by atoms with Gasteiger partial charge >= 0.3 is 0 Å². The maximum atomic E-state index is 6.01. The molecule has 114 valence electrons. The topological polar surface area (TPSA) is 42.1 Å². The first-order chi connectivity index (χ1) is 9.99. The van der Waals surface area contributed by atoms with Crippen molar-refractivity contribution in [2.75, 3.05) is 11.9 Å². The number of thiophene rings is 1. The molecule has 21 heavy (non-hydrogen) atoms. The summed E-state index contributed by atoms with van der Waals surface area (Å²) in [7, 11) is 2.06. The Morgan fingerprint density at radius 2 is 2.19 bits per heavy atom. The lowest BCUT2D eigenvalue weighted by molar-refractivity contribution is 0.644. The fourth-order valence-electron chi connectivity index (χ4n) is 2.33. The van der Waals surface area contributed by atoms with Crippen molar-refractivity contribution in [3.8, 4) is 0 Å². The molecule has 0 aliphatic carbocycles. The zero-order valence-corrected chi connectivity index (χ0v) is 14.3. The molecule has 2 aromatic rings. The minimum atomic E-state index is 0.211. The summed E-state index contributed by atoms with van der Waals surface area (Å²) in [4.78, 5) is 8.00. The number of aromatic nitrogens is 1. The average molecular weight is 324 g/mol. The van der Waals surface area contributed by atoms with Gasteiger partial charge in [-0.2, -0.15) is 0 Å². The molecule has 0 spiro atoms. The Morgan fingerprint density at radius 3 is 2.76 bits per heavy atom. The van der Waals surface area contributed by atoms with E-state index in [1.165, 1.54) is 16.0 Å². The third-order valence-electron chi connectivity index (χ3n) is 3.51. The first-order valence-corrected chi connectivity index (χ1v) is 8.35. The van der Waals surface area contributed by atoms with Gasteiger partial charge in [0.1, 0.15) is 5.82 Å². The molecule has 0 fully saturated rings. The molecule has 0 radical (unpaired) electrons. The van der Waals surface area contributed by atoms with Gasteiger partial charge < -0.3 is 10.6 Å². The van der Waals surface area contributed by atoms with Crippen LogP contribution in [0.5, 0.6) is 0 Å². The van der Waals surface area contributed by atoms with Gasteiger partial charge in [-0.25, -0.2) is 4.98 Å². The van der Waals surface area contributed by atoms with Crippen LogP contribution in [0.25, 0.3) is 0 Å². The van der Waals surface area contributed by atoms with E-state index in [0.29, 0.717) is 0 Å². The maximum absolute atomic E-state index is 6.01.